The SMILES string of the molecule is O=C(CSc1nnc(Cc2ccc(Br)cc2)o1)Nc1ccccc1. The maximum Gasteiger partial charge on any atom is 0.277 e. The number of carbonyl (C=O) groups excluding carboxylic acids is 1. The molecule has 0 radical (unpaired) electrons. The van der Waals surface area contributed by atoms with Crippen LogP contribution in [-0.2, 0) is 11.2 Å². The van der Waals surface area contributed by atoms with Crippen LogP contribution in [-0.4, -0.2) is 21.9 Å². The molecule has 1 amide bonds. The second kappa shape index (κ2) is 8.12. The van der Waals surface area contributed by atoms with Crippen LogP contribution in [0.4, 0.5) is 5.69 Å². The Kier molecular flexibility index (Phi) is 5.66. The van der Waals surface area contributed by atoms with E-state index in [0.29, 0.717) is 17.5 Å². The average molecular weight is 404 g/mol. The molecule has 1 heterocycles. The standard InChI is InChI=1S/C17H14BrN3O2S/c18-13-8-6-12(7-9-13)10-16-20-21-17(23-16)24-11-15(22)19-14-4-2-1-3-5-14/h1-9H,10-11H2,(H,19,22). The van der Waals surface area contributed by atoms with Crippen LogP contribution < -0.4 is 5.32 Å². The van der Waals surface area contributed by atoms with Crippen molar-refractivity contribution < 1.29 is 9.21 Å². The van der Waals surface area contributed by atoms with Gasteiger partial charge in [-0.1, -0.05) is 58.0 Å². The fourth-order valence-corrected chi connectivity index (χ4v) is 2.84. The van der Waals surface area contributed by atoms with Crippen LogP contribution in [0.3, 0.4) is 0 Å². The molecule has 0 saturated heterocycles. The van der Waals surface area contributed by atoms with E-state index in [-0.39, 0.29) is 11.7 Å². The molecule has 0 aliphatic carbocycles. The molecule has 0 aliphatic heterocycles. The maximum absolute atomic E-state index is 11.9. The summed E-state index contributed by atoms with van der Waals surface area (Å²) < 4.78 is 6.59. The Morgan fingerprint density at radius 2 is 1.83 bits per heavy atom. The van der Waals surface area contributed by atoms with Crippen molar-refractivity contribution in [2.75, 3.05) is 11.1 Å². The Hall–Kier alpha value is -2.12. The first-order valence-electron chi connectivity index (χ1n) is 7.23. The van der Waals surface area contributed by atoms with Crippen LogP contribution in [0.25, 0.3) is 0 Å². The third kappa shape index (κ3) is 4.94. The summed E-state index contributed by atoms with van der Waals surface area (Å²) in [6, 6.07) is 17.2. The molecule has 7 heteroatoms. The summed E-state index contributed by atoms with van der Waals surface area (Å²) in [5, 5.41) is 11.2. The second-order valence-electron chi connectivity index (χ2n) is 4.97. The van der Waals surface area contributed by atoms with E-state index in [9.17, 15) is 4.79 Å². The fourth-order valence-electron chi connectivity index (χ4n) is 1.99. The summed E-state index contributed by atoms with van der Waals surface area (Å²) in [6.07, 6.45) is 0.567. The summed E-state index contributed by atoms with van der Waals surface area (Å²) >= 11 is 4.62. The molecule has 0 atom stereocenters. The smallest absolute Gasteiger partial charge is 0.277 e. The summed E-state index contributed by atoms with van der Waals surface area (Å²) in [4.78, 5) is 11.9. The van der Waals surface area contributed by atoms with Crippen molar-refractivity contribution in [1.29, 1.82) is 0 Å². The van der Waals surface area contributed by atoms with Gasteiger partial charge >= 0.3 is 0 Å². The summed E-state index contributed by atoms with van der Waals surface area (Å²) in [6.45, 7) is 0. The minimum atomic E-state index is -0.112. The van der Waals surface area contributed by atoms with Gasteiger partial charge in [-0.25, -0.2) is 0 Å². The van der Waals surface area contributed by atoms with Gasteiger partial charge in [0.2, 0.25) is 11.8 Å². The minimum absolute atomic E-state index is 0.112. The summed E-state index contributed by atoms with van der Waals surface area (Å²) in [5.74, 6) is 0.636. The lowest BCUT2D eigenvalue weighted by atomic mass is 10.2. The van der Waals surface area contributed by atoms with Crippen LogP contribution in [0, 0.1) is 0 Å². The number of anilines is 1. The third-order valence-corrected chi connectivity index (χ3v) is 4.45. The van der Waals surface area contributed by atoms with E-state index in [0.717, 1.165) is 15.7 Å². The fraction of sp³-hybridized carbons (Fsp3) is 0.118. The molecule has 1 aromatic heterocycles. The number of rotatable bonds is 6. The average Bonchev–Trinajstić information content (AvgIpc) is 3.04. The van der Waals surface area contributed by atoms with Gasteiger partial charge in [-0.05, 0) is 29.8 Å². The number of aromatic nitrogens is 2. The summed E-state index contributed by atoms with van der Waals surface area (Å²) in [5.41, 5.74) is 1.85. The van der Waals surface area contributed by atoms with Crippen LogP contribution in [0.2, 0.25) is 0 Å². The lowest BCUT2D eigenvalue weighted by molar-refractivity contribution is -0.113. The van der Waals surface area contributed by atoms with E-state index in [1.807, 2.05) is 54.6 Å². The van der Waals surface area contributed by atoms with Crippen LogP contribution in [0.5, 0.6) is 0 Å². The Labute approximate surface area is 152 Å². The van der Waals surface area contributed by atoms with Gasteiger partial charge in [0.05, 0.1) is 12.2 Å². The number of hydrogen-bond acceptors (Lipinski definition) is 5. The van der Waals surface area contributed by atoms with Crippen molar-refractivity contribution in [2.45, 2.75) is 11.6 Å². The number of halogens is 1. The zero-order chi connectivity index (χ0) is 16.8. The highest BCUT2D eigenvalue weighted by molar-refractivity contribution is 9.10. The number of amides is 1. The molecule has 3 aromatic rings. The lowest BCUT2D eigenvalue weighted by Gasteiger charge is -2.02. The molecule has 0 unspecified atom stereocenters. The van der Waals surface area contributed by atoms with Gasteiger partial charge in [0.1, 0.15) is 0 Å². The second-order valence-corrected chi connectivity index (χ2v) is 6.81. The molecule has 0 saturated carbocycles. The molecule has 0 aliphatic rings. The largest absolute Gasteiger partial charge is 0.416 e. The Morgan fingerprint density at radius 1 is 1.08 bits per heavy atom. The molecule has 122 valence electrons. The zero-order valence-corrected chi connectivity index (χ0v) is 15.0. The first-order chi connectivity index (χ1) is 11.7. The van der Waals surface area contributed by atoms with Gasteiger partial charge in [-0.15, -0.1) is 10.2 Å². The van der Waals surface area contributed by atoms with E-state index in [1.165, 1.54) is 11.8 Å². The van der Waals surface area contributed by atoms with E-state index in [1.54, 1.807) is 0 Å². The van der Waals surface area contributed by atoms with Crippen molar-refractivity contribution in [2.24, 2.45) is 0 Å². The zero-order valence-electron chi connectivity index (χ0n) is 12.6. The predicted molar refractivity (Wildman–Crippen MR) is 97.0 cm³/mol. The minimum Gasteiger partial charge on any atom is -0.416 e. The Balaban J connectivity index is 1.50. The predicted octanol–water partition coefficient (Wildman–Crippen LogP) is 4.15. The van der Waals surface area contributed by atoms with Crippen molar-refractivity contribution in [3.63, 3.8) is 0 Å². The van der Waals surface area contributed by atoms with E-state index in [2.05, 4.69) is 31.4 Å². The highest BCUT2D eigenvalue weighted by Gasteiger charge is 2.10. The molecule has 2 aromatic carbocycles. The van der Waals surface area contributed by atoms with E-state index >= 15 is 0 Å². The van der Waals surface area contributed by atoms with Gasteiger partial charge in [0.15, 0.2) is 0 Å². The number of hydrogen-bond donors (Lipinski definition) is 1. The molecule has 24 heavy (non-hydrogen) atoms. The molecule has 0 bridgehead atoms. The van der Waals surface area contributed by atoms with Crippen molar-refractivity contribution in [1.82, 2.24) is 10.2 Å². The van der Waals surface area contributed by atoms with Crippen molar-refractivity contribution in [3.8, 4) is 0 Å². The lowest BCUT2D eigenvalue weighted by Crippen LogP contribution is -2.13. The van der Waals surface area contributed by atoms with Crippen molar-refractivity contribution in [3.05, 3.63) is 70.5 Å². The molecule has 5 nitrogen and oxygen atoms in total. The highest BCUT2D eigenvalue weighted by Crippen LogP contribution is 2.19. The highest BCUT2D eigenvalue weighted by atomic mass is 79.9. The molecule has 0 spiro atoms. The van der Waals surface area contributed by atoms with Gasteiger partial charge in [0.25, 0.3) is 5.22 Å². The quantitative estimate of drug-likeness (QED) is 0.625. The molecule has 3 rings (SSSR count). The molecular formula is C17H14BrN3O2S. The van der Waals surface area contributed by atoms with E-state index in [4.69, 9.17) is 4.42 Å². The van der Waals surface area contributed by atoms with Gasteiger partial charge in [-0.2, -0.15) is 0 Å². The first-order valence-corrected chi connectivity index (χ1v) is 9.01. The van der Waals surface area contributed by atoms with Gasteiger partial charge in [0, 0.05) is 10.2 Å². The van der Waals surface area contributed by atoms with Crippen LogP contribution in [0.15, 0.2) is 68.7 Å². The number of nitrogens with one attached hydrogen (secondary N) is 1. The normalized spacial score (nSPS) is 10.5. The van der Waals surface area contributed by atoms with Crippen LogP contribution in [0.1, 0.15) is 11.5 Å². The number of nitrogens with zero attached hydrogens (tertiary/aromatic N) is 2. The molecule has 1 N–H and O–H groups in total. The number of thioether (sulfide) groups is 1. The van der Waals surface area contributed by atoms with Gasteiger partial charge < -0.3 is 9.73 Å². The van der Waals surface area contributed by atoms with Crippen molar-refractivity contribution >= 4 is 39.3 Å². The Morgan fingerprint density at radius 3 is 2.58 bits per heavy atom. The third-order valence-electron chi connectivity index (χ3n) is 3.10. The van der Waals surface area contributed by atoms with E-state index < -0.39 is 0 Å². The number of carbonyl (C=O) groups is 1. The van der Waals surface area contributed by atoms with Crippen LogP contribution >= 0.6 is 27.7 Å². The topological polar surface area (TPSA) is 68.0 Å². The number of benzene rings is 2. The van der Waals surface area contributed by atoms with Gasteiger partial charge in [-0.3, -0.25) is 4.79 Å². The summed E-state index contributed by atoms with van der Waals surface area (Å²) in [7, 11) is 0. The molecule has 0 fully saturated rings. The molecular weight excluding hydrogens is 390 g/mol. The maximum atomic E-state index is 11.9. The first kappa shape index (κ1) is 16.7. The monoisotopic (exact) mass is 403 g/mol. The Bertz CT molecular complexity index is 806. The number of para-hydroxylation sites is 1.